The van der Waals surface area contributed by atoms with Crippen molar-refractivity contribution < 1.29 is 17.9 Å². The van der Waals surface area contributed by atoms with Crippen LogP contribution in [-0.2, 0) is 16.6 Å². The quantitative estimate of drug-likeness (QED) is 0.848. The first-order valence-corrected chi connectivity index (χ1v) is 6.23. The number of aromatic nitrogens is 1. The highest BCUT2D eigenvalue weighted by Crippen LogP contribution is 2.16. The maximum atomic E-state index is 11.8. The molecule has 2 aromatic heterocycles. The van der Waals surface area contributed by atoms with E-state index in [4.69, 9.17) is 9.52 Å². The van der Waals surface area contributed by atoms with Crippen molar-refractivity contribution in [1.29, 1.82) is 0 Å². The second kappa shape index (κ2) is 4.56. The largest absolute Gasteiger partial charge is 0.445 e. The number of furan rings is 1. The van der Waals surface area contributed by atoms with Crippen LogP contribution in [0.4, 0.5) is 5.82 Å². The molecule has 2 aromatic rings. The summed E-state index contributed by atoms with van der Waals surface area (Å²) in [5, 5.41) is 8.53. The summed E-state index contributed by atoms with van der Waals surface area (Å²) in [6.07, 6.45) is 1.47. The maximum absolute atomic E-state index is 11.8. The van der Waals surface area contributed by atoms with Gasteiger partial charge in [-0.25, -0.2) is 4.98 Å². The van der Waals surface area contributed by atoms with E-state index >= 15 is 0 Å². The lowest BCUT2D eigenvalue weighted by Gasteiger charge is -2.03. The van der Waals surface area contributed by atoms with Crippen LogP contribution in [0.5, 0.6) is 0 Å². The first kappa shape index (κ1) is 11.6. The Morgan fingerprint density at radius 2 is 2.12 bits per heavy atom. The number of anilines is 1. The van der Waals surface area contributed by atoms with Gasteiger partial charge in [-0.3, -0.25) is 4.72 Å². The van der Waals surface area contributed by atoms with Crippen molar-refractivity contribution in [2.24, 2.45) is 0 Å². The summed E-state index contributed by atoms with van der Waals surface area (Å²) in [7, 11) is -3.79. The molecule has 0 spiro atoms. The molecule has 0 aliphatic heterocycles. The number of hydrogen-bond acceptors (Lipinski definition) is 5. The first-order chi connectivity index (χ1) is 8.12. The van der Waals surface area contributed by atoms with E-state index in [-0.39, 0.29) is 23.3 Å². The van der Waals surface area contributed by atoms with E-state index < -0.39 is 10.0 Å². The molecule has 0 aliphatic rings. The zero-order valence-corrected chi connectivity index (χ0v) is 9.52. The van der Waals surface area contributed by atoms with Crippen molar-refractivity contribution in [2.45, 2.75) is 11.7 Å². The molecule has 0 saturated heterocycles. The number of aliphatic hydroxyl groups excluding tert-OH is 1. The highest BCUT2D eigenvalue weighted by Gasteiger charge is 2.19. The van der Waals surface area contributed by atoms with Crippen LogP contribution in [0.25, 0.3) is 0 Å². The van der Waals surface area contributed by atoms with E-state index in [9.17, 15) is 8.42 Å². The lowest BCUT2D eigenvalue weighted by atomic mass is 10.5. The molecule has 6 nitrogen and oxygen atoms in total. The van der Waals surface area contributed by atoms with Crippen molar-refractivity contribution >= 4 is 15.8 Å². The predicted octanol–water partition coefficient (Wildman–Crippen LogP) is 0.968. The molecule has 0 unspecified atom stereocenters. The molecule has 0 atom stereocenters. The Hall–Kier alpha value is -1.86. The summed E-state index contributed by atoms with van der Waals surface area (Å²) in [4.78, 5) is 3.84. The molecule has 2 N–H and O–H groups in total. The van der Waals surface area contributed by atoms with Gasteiger partial charge in [0.05, 0.1) is 0 Å². The minimum atomic E-state index is -3.79. The van der Waals surface area contributed by atoms with Crippen LogP contribution in [0.1, 0.15) is 5.76 Å². The third-order valence-corrected chi connectivity index (χ3v) is 3.19. The number of aliphatic hydroxyl groups is 1. The first-order valence-electron chi connectivity index (χ1n) is 4.75. The number of pyridine rings is 1. The molecule has 2 rings (SSSR count). The number of sulfonamides is 1. The summed E-state index contributed by atoms with van der Waals surface area (Å²) in [5.41, 5.74) is 0. The van der Waals surface area contributed by atoms with Gasteiger partial charge in [0.2, 0.25) is 5.09 Å². The Labute approximate surface area is 98.0 Å². The number of nitrogens with one attached hydrogen (secondary N) is 1. The van der Waals surface area contributed by atoms with E-state index in [1.165, 1.54) is 24.4 Å². The summed E-state index contributed by atoms with van der Waals surface area (Å²) < 4.78 is 30.8. The van der Waals surface area contributed by atoms with E-state index in [1.54, 1.807) is 12.1 Å². The van der Waals surface area contributed by atoms with Crippen LogP contribution in [0.15, 0.2) is 46.0 Å². The van der Waals surface area contributed by atoms with Gasteiger partial charge in [0, 0.05) is 6.20 Å². The predicted molar refractivity (Wildman–Crippen MR) is 59.7 cm³/mol. The van der Waals surface area contributed by atoms with Gasteiger partial charge in [-0.1, -0.05) is 6.07 Å². The summed E-state index contributed by atoms with van der Waals surface area (Å²) in [6.45, 7) is -0.348. The number of nitrogens with zero attached hydrogens (tertiary/aromatic N) is 1. The van der Waals surface area contributed by atoms with E-state index in [0.29, 0.717) is 0 Å². The van der Waals surface area contributed by atoms with Gasteiger partial charge in [-0.2, -0.15) is 8.42 Å². The summed E-state index contributed by atoms with van der Waals surface area (Å²) >= 11 is 0. The van der Waals surface area contributed by atoms with Gasteiger partial charge < -0.3 is 9.52 Å². The third-order valence-electron chi connectivity index (χ3n) is 1.96. The second-order valence-electron chi connectivity index (χ2n) is 3.20. The molecule has 90 valence electrons. The lowest BCUT2D eigenvalue weighted by Crippen LogP contribution is -2.12. The molecule has 7 heteroatoms. The SMILES string of the molecule is O=S(=O)(Nc1ccccn1)c1ccc(CO)o1. The highest BCUT2D eigenvalue weighted by atomic mass is 32.2. The normalized spacial score (nSPS) is 11.4. The Kier molecular flexibility index (Phi) is 3.12. The average Bonchev–Trinajstić information content (AvgIpc) is 2.79. The zero-order valence-electron chi connectivity index (χ0n) is 8.70. The van der Waals surface area contributed by atoms with Crippen LogP contribution in [0, 0.1) is 0 Å². The molecule has 17 heavy (non-hydrogen) atoms. The Morgan fingerprint density at radius 3 is 2.71 bits per heavy atom. The van der Waals surface area contributed by atoms with Crippen LogP contribution >= 0.6 is 0 Å². The number of hydrogen-bond donors (Lipinski definition) is 2. The van der Waals surface area contributed by atoms with Crippen molar-refractivity contribution in [3.63, 3.8) is 0 Å². The molecule has 0 amide bonds. The molecular weight excluding hydrogens is 244 g/mol. The van der Waals surface area contributed by atoms with Crippen molar-refractivity contribution in [1.82, 2.24) is 4.98 Å². The fourth-order valence-corrected chi connectivity index (χ4v) is 2.16. The van der Waals surface area contributed by atoms with Crippen LogP contribution in [0.3, 0.4) is 0 Å². The maximum Gasteiger partial charge on any atom is 0.296 e. The van der Waals surface area contributed by atoms with Crippen LogP contribution in [-0.4, -0.2) is 18.5 Å². The van der Waals surface area contributed by atoms with Crippen LogP contribution in [0.2, 0.25) is 0 Å². The van der Waals surface area contributed by atoms with Crippen LogP contribution < -0.4 is 4.72 Å². The second-order valence-corrected chi connectivity index (χ2v) is 4.81. The number of rotatable bonds is 4. The molecule has 0 radical (unpaired) electrons. The van der Waals surface area contributed by atoms with E-state index in [0.717, 1.165) is 0 Å². The third kappa shape index (κ3) is 2.63. The molecule has 0 aliphatic carbocycles. The Balaban J connectivity index is 2.25. The highest BCUT2D eigenvalue weighted by molar-refractivity contribution is 7.92. The van der Waals surface area contributed by atoms with Gasteiger partial charge >= 0.3 is 0 Å². The minimum Gasteiger partial charge on any atom is -0.445 e. The Bertz CT molecular complexity index is 592. The van der Waals surface area contributed by atoms with Gasteiger partial charge in [-0.15, -0.1) is 0 Å². The summed E-state index contributed by atoms with van der Waals surface area (Å²) in [6, 6.07) is 7.53. The van der Waals surface area contributed by atoms with Gasteiger partial charge in [-0.05, 0) is 24.3 Å². The molecule has 0 saturated carbocycles. The monoisotopic (exact) mass is 254 g/mol. The topological polar surface area (TPSA) is 92.4 Å². The summed E-state index contributed by atoms with van der Waals surface area (Å²) in [5.74, 6) is 0.390. The zero-order chi connectivity index (χ0) is 12.3. The Morgan fingerprint density at radius 1 is 1.29 bits per heavy atom. The molecule has 0 bridgehead atoms. The minimum absolute atomic E-state index is 0.186. The average molecular weight is 254 g/mol. The van der Waals surface area contributed by atoms with Crippen molar-refractivity contribution in [3.8, 4) is 0 Å². The fourth-order valence-electron chi connectivity index (χ4n) is 1.20. The smallest absolute Gasteiger partial charge is 0.296 e. The van der Waals surface area contributed by atoms with E-state index in [1.807, 2.05) is 0 Å². The molecule has 0 fully saturated rings. The van der Waals surface area contributed by atoms with Crippen molar-refractivity contribution in [3.05, 3.63) is 42.3 Å². The van der Waals surface area contributed by atoms with Gasteiger partial charge in [0.1, 0.15) is 18.2 Å². The van der Waals surface area contributed by atoms with E-state index in [2.05, 4.69) is 9.71 Å². The van der Waals surface area contributed by atoms with Gasteiger partial charge in [0.15, 0.2) is 0 Å². The van der Waals surface area contributed by atoms with Gasteiger partial charge in [0.25, 0.3) is 10.0 Å². The molecule has 0 aromatic carbocycles. The van der Waals surface area contributed by atoms with Crippen molar-refractivity contribution in [2.75, 3.05) is 4.72 Å². The lowest BCUT2D eigenvalue weighted by molar-refractivity contribution is 0.236. The standard InChI is InChI=1S/C10H10N2O4S/c13-7-8-4-5-10(16-8)17(14,15)12-9-3-1-2-6-11-9/h1-6,13H,7H2,(H,11,12). The molecule has 2 heterocycles. The molecular formula is C10H10N2O4S. The fraction of sp³-hybridized carbons (Fsp3) is 0.100.